The van der Waals surface area contributed by atoms with Gasteiger partial charge in [-0.3, -0.25) is 4.68 Å². The molecule has 1 aromatic carbocycles. The van der Waals surface area contributed by atoms with Crippen LogP contribution in [0.5, 0.6) is 0 Å². The van der Waals surface area contributed by atoms with Crippen LogP contribution >= 0.6 is 0 Å². The van der Waals surface area contributed by atoms with E-state index in [0.717, 1.165) is 55.7 Å². The van der Waals surface area contributed by atoms with Crippen LogP contribution in [-0.2, 0) is 9.47 Å². The van der Waals surface area contributed by atoms with E-state index >= 15 is 0 Å². The van der Waals surface area contributed by atoms with Crippen molar-refractivity contribution in [3.63, 3.8) is 0 Å². The lowest BCUT2D eigenvalue weighted by Crippen LogP contribution is -2.47. The van der Waals surface area contributed by atoms with E-state index in [9.17, 15) is 4.79 Å². The quantitative estimate of drug-likeness (QED) is 0.434. The third-order valence-corrected chi connectivity index (χ3v) is 6.95. The van der Waals surface area contributed by atoms with E-state index in [2.05, 4.69) is 26.8 Å². The Bertz CT molecular complexity index is 1350. The van der Waals surface area contributed by atoms with E-state index in [0.29, 0.717) is 36.5 Å². The van der Waals surface area contributed by atoms with Gasteiger partial charge in [-0.25, -0.2) is 9.78 Å². The number of benzene rings is 1. The summed E-state index contributed by atoms with van der Waals surface area (Å²) in [6.45, 7) is 8.27. The Morgan fingerprint density at radius 2 is 1.93 bits per heavy atom. The van der Waals surface area contributed by atoms with Crippen molar-refractivity contribution in [1.29, 1.82) is 5.26 Å². The SMILES string of the molecule is CC(C)(C)OC(=O)N1CCCC(Nc2nc(Nc3ccc(C#N)cc3)ncc2-c2cnn(C3CCOCC3)c2)C1. The standard InChI is InChI=1S/C29H36N8O3/c1-29(2,3)40-28(38)36-12-4-5-23(19-36)33-26-25(21-16-32-37(18-21)24-10-13-39-14-11-24)17-31-27(35-26)34-22-8-6-20(15-30)7-9-22/h6-9,16-18,23-24H,4-5,10-14,19H2,1-3H3,(H2,31,33,34,35). The normalized spacial score (nSPS) is 18.1. The van der Waals surface area contributed by atoms with Gasteiger partial charge in [-0.05, 0) is 70.7 Å². The molecule has 11 nitrogen and oxygen atoms in total. The molecule has 0 spiro atoms. The Kier molecular flexibility index (Phi) is 8.16. The number of nitrogens with zero attached hydrogens (tertiary/aromatic N) is 6. The number of likely N-dealkylation sites (tertiary alicyclic amines) is 1. The van der Waals surface area contributed by atoms with Gasteiger partial charge in [0.25, 0.3) is 0 Å². The highest BCUT2D eigenvalue weighted by Gasteiger charge is 2.28. The maximum atomic E-state index is 12.8. The number of nitriles is 1. The van der Waals surface area contributed by atoms with Crippen LogP contribution in [0.25, 0.3) is 11.1 Å². The lowest BCUT2D eigenvalue weighted by Gasteiger charge is -2.34. The highest BCUT2D eigenvalue weighted by Crippen LogP contribution is 2.31. The predicted molar refractivity (Wildman–Crippen MR) is 151 cm³/mol. The molecule has 1 amide bonds. The number of carbonyl (C=O) groups is 1. The van der Waals surface area contributed by atoms with E-state index in [4.69, 9.17) is 19.7 Å². The number of hydrogen-bond donors (Lipinski definition) is 2. The zero-order valence-corrected chi connectivity index (χ0v) is 23.3. The second-order valence-electron chi connectivity index (χ2n) is 11.2. The number of ether oxygens (including phenoxy) is 2. The molecule has 0 saturated carbocycles. The number of piperidine rings is 1. The minimum absolute atomic E-state index is 0.0109. The van der Waals surface area contributed by atoms with Crippen molar-refractivity contribution in [2.24, 2.45) is 0 Å². The molecule has 0 aliphatic carbocycles. The molecular weight excluding hydrogens is 508 g/mol. The highest BCUT2D eigenvalue weighted by molar-refractivity contribution is 5.75. The monoisotopic (exact) mass is 544 g/mol. The van der Waals surface area contributed by atoms with Crippen LogP contribution in [0.1, 0.15) is 58.1 Å². The maximum absolute atomic E-state index is 12.8. The summed E-state index contributed by atoms with van der Waals surface area (Å²) in [5.74, 6) is 1.08. The number of aromatic nitrogens is 4. The molecule has 1 atom stereocenters. The van der Waals surface area contributed by atoms with Crippen molar-refractivity contribution in [3.05, 3.63) is 48.4 Å². The topological polar surface area (TPSA) is 130 Å². The van der Waals surface area contributed by atoms with Gasteiger partial charge in [-0.1, -0.05) is 0 Å². The summed E-state index contributed by atoms with van der Waals surface area (Å²) >= 11 is 0. The number of rotatable bonds is 6. The lowest BCUT2D eigenvalue weighted by atomic mass is 10.1. The fourth-order valence-electron chi connectivity index (χ4n) is 4.93. The van der Waals surface area contributed by atoms with Gasteiger partial charge < -0.3 is 25.0 Å². The molecule has 3 aromatic rings. The van der Waals surface area contributed by atoms with E-state index in [1.165, 1.54) is 0 Å². The molecule has 5 rings (SSSR count). The molecule has 2 aliphatic heterocycles. The van der Waals surface area contributed by atoms with Crippen molar-refractivity contribution >= 4 is 23.5 Å². The summed E-state index contributed by atoms with van der Waals surface area (Å²) in [5, 5.41) is 20.6. The van der Waals surface area contributed by atoms with Crippen LogP contribution in [0.3, 0.4) is 0 Å². The Balaban J connectivity index is 1.39. The molecule has 2 fully saturated rings. The molecule has 210 valence electrons. The lowest BCUT2D eigenvalue weighted by molar-refractivity contribution is 0.0206. The van der Waals surface area contributed by atoms with Gasteiger partial charge in [0.05, 0.1) is 23.9 Å². The molecule has 4 heterocycles. The molecule has 11 heteroatoms. The van der Waals surface area contributed by atoms with Gasteiger partial charge in [0.15, 0.2) is 0 Å². The van der Waals surface area contributed by atoms with Crippen molar-refractivity contribution in [2.75, 3.05) is 36.9 Å². The number of carbonyl (C=O) groups excluding carboxylic acids is 1. The third kappa shape index (κ3) is 6.87. The van der Waals surface area contributed by atoms with E-state index in [1.54, 1.807) is 23.2 Å². The third-order valence-electron chi connectivity index (χ3n) is 6.95. The van der Waals surface area contributed by atoms with E-state index in [-0.39, 0.29) is 12.1 Å². The van der Waals surface area contributed by atoms with Crippen LogP contribution in [0.2, 0.25) is 0 Å². The van der Waals surface area contributed by atoms with Crippen molar-refractivity contribution < 1.29 is 14.3 Å². The second kappa shape index (κ2) is 11.9. The number of hydrogen-bond acceptors (Lipinski definition) is 9. The smallest absolute Gasteiger partial charge is 0.410 e. The molecule has 2 aromatic heterocycles. The van der Waals surface area contributed by atoms with Crippen LogP contribution in [-0.4, -0.2) is 68.7 Å². The second-order valence-corrected chi connectivity index (χ2v) is 11.2. The summed E-state index contributed by atoms with van der Waals surface area (Å²) < 4.78 is 13.1. The summed E-state index contributed by atoms with van der Waals surface area (Å²) in [4.78, 5) is 23.9. The minimum Gasteiger partial charge on any atom is -0.444 e. The predicted octanol–water partition coefficient (Wildman–Crippen LogP) is 5.12. The van der Waals surface area contributed by atoms with Crippen LogP contribution in [0.4, 0.5) is 22.2 Å². The first-order valence-corrected chi connectivity index (χ1v) is 13.8. The molecule has 0 bridgehead atoms. The Morgan fingerprint density at radius 3 is 2.65 bits per heavy atom. The molecule has 40 heavy (non-hydrogen) atoms. The zero-order valence-electron chi connectivity index (χ0n) is 23.3. The van der Waals surface area contributed by atoms with Crippen molar-refractivity contribution in [1.82, 2.24) is 24.6 Å². The largest absolute Gasteiger partial charge is 0.444 e. The average molecular weight is 545 g/mol. The van der Waals surface area contributed by atoms with Gasteiger partial charge in [0, 0.05) is 61.6 Å². The molecule has 2 aliphatic rings. The van der Waals surface area contributed by atoms with E-state index in [1.807, 2.05) is 50.0 Å². The number of anilines is 3. The Labute approximate surface area is 234 Å². The summed E-state index contributed by atoms with van der Waals surface area (Å²) in [6.07, 6.45) is 8.99. The zero-order chi connectivity index (χ0) is 28.1. The van der Waals surface area contributed by atoms with Gasteiger partial charge in [0.2, 0.25) is 5.95 Å². The highest BCUT2D eigenvalue weighted by atomic mass is 16.6. The fourth-order valence-corrected chi connectivity index (χ4v) is 4.93. The first-order valence-electron chi connectivity index (χ1n) is 13.8. The summed E-state index contributed by atoms with van der Waals surface area (Å²) in [7, 11) is 0. The fraction of sp³-hybridized carbons (Fsp3) is 0.483. The molecule has 2 saturated heterocycles. The average Bonchev–Trinajstić information content (AvgIpc) is 3.44. The van der Waals surface area contributed by atoms with E-state index < -0.39 is 5.60 Å². The van der Waals surface area contributed by atoms with Gasteiger partial charge in [0.1, 0.15) is 11.4 Å². The van der Waals surface area contributed by atoms with Crippen LogP contribution in [0, 0.1) is 11.3 Å². The number of nitrogens with one attached hydrogen (secondary N) is 2. The Morgan fingerprint density at radius 1 is 1.15 bits per heavy atom. The molecule has 0 radical (unpaired) electrons. The van der Waals surface area contributed by atoms with Gasteiger partial charge in [-0.2, -0.15) is 15.3 Å². The first-order chi connectivity index (χ1) is 19.3. The number of amides is 1. The van der Waals surface area contributed by atoms with Gasteiger partial charge in [-0.15, -0.1) is 0 Å². The molecular formula is C29H36N8O3. The van der Waals surface area contributed by atoms with Gasteiger partial charge >= 0.3 is 6.09 Å². The van der Waals surface area contributed by atoms with Crippen molar-refractivity contribution in [2.45, 2.75) is 64.1 Å². The maximum Gasteiger partial charge on any atom is 0.410 e. The van der Waals surface area contributed by atoms with Crippen LogP contribution < -0.4 is 10.6 Å². The summed E-state index contributed by atoms with van der Waals surface area (Å²) in [6, 6.07) is 9.55. The van der Waals surface area contributed by atoms with Crippen LogP contribution in [0.15, 0.2) is 42.9 Å². The first kappa shape index (κ1) is 27.4. The minimum atomic E-state index is -0.548. The molecule has 2 N–H and O–H groups in total. The summed E-state index contributed by atoms with van der Waals surface area (Å²) in [5.41, 5.74) is 2.56. The Hall–Kier alpha value is -4.17. The molecule has 1 unspecified atom stereocenters. The van der Waals surface area contributed by atoms with Crippen molar-refractivity contribution in [3.8, 4) is 17.2 Å².